The van der Waals surface area contributed by atoms with Crippen molar-refractivity contribution in [3.63, 3.8) is 0 Å². The Balaban J connectivity index is 2.97. The minimum absolute atomic E-state index is 0.542. The van der Waals surface area contributed by atoms with Gasteiger partial charge in [-0.3, -0.25) is 0 Å². The SMILES string of the molecule is CC#[N+]c1ccc([NH+]=O)cc1. The van der Waals surface area contributed by atoms with Crippen LogP contribution in [0.25, 0.3) is 4.85 Å². The molecule has 3 heteroatoms. The summed E-state index contributed by atoms with van der Waals surface area (Å²) in [5.74, 6) is 0. The van der Waals surface area contributed by atoms with E-state index < -0.39 is 0 Å². The fourth-order valence-electron chi connectivity index (χ4n) is 0.733. The quantitative estimate of drug-likeness (QED) is 0.637. The first-order valence-electron chi connectivity index (χ1n) is 3.22. The van der Waals surface area contributed by atoms with Crippen molar-refractivity contribution >= 4 is 11.4 Å². The van der Waals surface area contributed by atoms with E-state index in [1.165, 1.54) is 0 Å². The van der Waals surface area contributed by atoms with Crippen LogP contribution in [0.1, 0.15) is 6.92 Å². The molecule has 1 N–H and O–H groups in total. The smallest absolute Gasteiger partial charge is 0.0361 e. The largest absolute Gasteiger partial charge is 0.340 e. The fraction of sp³-hybridized carbons (Fsp3) is 0.125. The molecular formula is C8H8N2O+2. The molecule has 11 heavy (non-hydrogen) atoms. The second kappa shape index (κ2) is 3.47. The number of hydrogen-bond donors (Lipinski definition) is 1. The van der Waals surface area contributed by atoms with E-state index in [-0.39, 0.29) is 0 Å². The summed E-state index contributed by atoms with van der Waals surface area (Å²) in [7, 11) is 0. The van der Waals surface area contributed by atoms with Crippen LogP contribution < -0.4 is 5.18 Å². The highest BCUT2D eigenvalue weighted by Gasteiger charge is 2.02. The van der Waals surface area contributed by atoms with Crippen LogP contribution in [0.4, 0.5) is 11.4 Å². The Bertz CT molecular complexity index is 305. The van der Waals surface area contributed by atoms with Crippen LogP contribution in [0.5, 0.6) is 0 Å². The molecule has 0 aliphatic rings. The molecule has 0 bridgehead atoms. The lowest BCUT2D eigenvalue weighted by Gasteiger charge is -1.75. The molecule has 0 aliphatic heterocycles. The van der Waals surface area contributed by atoms with Gasteiger partial charge < -0.3 is 0 Å². The molecule has 0 spiro atoms. The first kappa shape index (κ1) is 7.42. The summed E-state index contributed by atoms with van der Waals surface area (Å²) in [4.78, 5) is 14.0. The topological polar surface area (TPSA) is 35.4 Å². The molecule has 3 nitrogen and oxygen atoms in total. The molecule has 0 amide bonds. The zero-order valence-electron chi connectivity index (χ0n) is 6.16. The van der Waals surface area contributed by atoms with E-state index in [2.05, 4.69) is 10.9 Å². The van der Waals surface area contributed by atoms with Crippen molar-refractivity contribution in [3.05, 3.63) is 34.0 Å². The normalized spacial score (nSPS) is 8.09. The number of nitrogens with zero attached hydrogens (tertiary/aromatic N) is 1. The highest BCUT2D eigenvalue weighted by molar-refractivity contribution is 5.49. The third kappa shape index (κ3) is 1.87. The van der Waals surface area contributed by atoms with Crippen LogP contribution >= 0.6 is 0 Å². The molecule has 1 aromatic carbocycles. The maximum atomic E-state index is 10.1. The fourth-order valence-corrected chi connectivity index (χ4v) is 0.733. The molecule has 0 atom stereocenters. The molecule has 0 aromatic heterocycles. The van der Waals surface area contributed by atoms with E-state index in [1.807, 2.05) is 0 Å². The van der Waals surface area contributed by atoms with E-state index in [0.717, 1.165) is 5.69 Å². The molecule has 0 aliphatic carbocycles. The van der Waals surface area contributed by atoms with Gasteiger partial charge in [0.2, 0.25) is 0 Å². The number of rotatable bonds is 1. The van der Waals surface area contributed by atoms with Crippen LogP contribution in [-0.4, -0.2) is 0 Å². The van der Waals surface area contributed by atoms with Gasteiger partial charge >= 0.3 is 5.69 Å². The summed E-state index contributed by atoms with van der Waals surface area (Å²) >= 11 is 0. The molecule has 0 unspecified atom stereocenters. The maximum absolute atomic E-state index is 10.1. The Hall–Kier alpha value is -1.69. The first-order valence-corrected chi connectivity index (χ1v) is 3.22. The monoisotopic (exact) mass is 148 g/mol. The van der Waals surface area contributed by atoms with Crippen molar-refractivity contribution in [1.29, 1.82) is 0 Å². The Labute approximate surface area is 64.5 Å². The predicted molar refractivity (Wildman–Crippen MR) is 43.0 cm³/mol. The zero-order chi connectivity index (χ0) is 8.10. The third-order valence-electron chi connectivity index (χ3n) is 1.23. The molecule has 0 saturated carbocycles. The number of nitrogens with one attached hydrogen (secondary N) is 1. The van der Waals surface area contributed by atoms with E-state index >= 15 is 0 Å². The van der Waals surface area contributed by atoms with Gasteiger partial charge in [-0.15, -0.1) is 0 Å². The summed E-state index contributed by atoms with van der Waals surface area (Å²) < 4.78 is 0. The van der Waals surface area contributed by atoms with Gasteiger partial charge in [-0.1, -0.05) is 0 Å². The Morgan fingerprint density at radius 3 is 2.45 bits per heavy atom. The van der Waals surface area contributed by atoms with Crippen LogP contribution in [-0.2, 0) is 0 Å². The number of nitroso groups, excluding NO2 is 1. The number of benzene rings is 1. The lowest BCUT2D eigenvalue weighted by atomic mass is 10.3. The van der Waals surface area contributed by atoms with E-state index in [1.54, 1.807) is 36.4 Å². The molecule has 0 heterocycles. The Morgan fingerprint density at radius 1 is 1.36 bits per heavy atom. The van der Waals surface area contributed by atoms with E-state index in [9.17, 15) is 4.91 Å². The summed E-state index contributed by atoms with van der Waals surface area (Å²) in [6, 6.07) is 9.48. The maximum Gasteiger partial charge on any atom is 0.340 e. The van der Waals surface area contributed by atoms with Crippen LogP contribution in [0.3, 0.4) is 0 Å². The average molecular weight is 148 g/mol. The molecule has 0 fully saturated rings. The van der Waals surface area contributed by atoms with Gasteiger partial charge in [-0.05, 0) is 4.85 Å². The van der Waals surface area contributed by atoms with Crippen molar-refractivity contribution in [2.45, 2.75) is 6.92 Å². The van der Waals surface area contributed by atoms with Crippen molar-refractivity contribution in [2.75, 3.05) is 0 Å². The van der Waals surface area contributed by atoms with Gasteiger partial charge in [0.15, 0.2) is 0 Å². The van der Waals surface area contributed by atoms with Gasteiger partial charge in [0.25, 0.3) is 11.8 Å². The predicted octanol–water partition coefficient (Wildman–Crippen LogP) is 1.15. The van der Waals surface area contributed by atoms with E-state index in [4.69, 9.17) is 0 Å². The van der Waals surface area contributed by atoms with Gasteiger partial charge in [-0.25, -0.2) is 0 Å². The van der Waals surface area contributed by atoms with Gasteiger partial charge in [0, 0.05) is 34.3 Å². The second-order valence-corrected chi connectivity index (χ2v) is 1.98. The van der Waals surface area contributed by atoms with Crippen molar-refractivity contribution in [3.8, 4) is 6.07 Å². The third-order valence-corrected chi connectivity index (χ3v) is 1.23. The lowest BCUT2D eigenvalue weighted by molar-refractivity contribution is -0.379. The highest BCUT2D eigenvalue weighted by Crippen LogP contribution is 2.12. The first-order chi connectivity index (χ1) is 5.36. The molecule has 0 saturated heterocycles. The zero-order valence-corrected chi connectivity index (χ0v) is 6.16. The van der Waals surface area contributed by atoms with Crippen LogP contribution in [0.2, 0.25) is 0 Å². The average Bonchev–Trinajstić information content (AvgIpc) is 2.07. The van der Waals surface area contributed by atoms with Crippen molar-refractivity contribution < 1.29 is 5.18 Å². The minimum atomic E-state index is 0.542. The van der Waals surface area contributed by atoms with Crippen LogP contribution in [0.15, 0.2) is 24.3 Å². The molecule has 1 rings (SSSR count). The standard InChI is InChI=1S/C8H7N2O/c1-2-9-7-3-5-8(10-11)6-4-7/h3-6H,1H3/q+1/p+1. The molecular weight excluding hydrogens is 140 g/mol. The van der Waals surface area contributed by atoms with Gasteiger partial charge in [0.05, 0.1) is 6.92 Å². The number of hydrogen-bond acceptors (Lipinski definition) is 1. The molecule has 54 valence electrons. The molecule has 0 radical (unpaired) electrons. The summed E-state index contributed by atoms with van der Waals surface area (Å²) in [6.07, 6.45) is 0. The summed E-state index contributed by atoms with van der Waals surface area (Å²) in [5, 5.41) is 1.78. The van der Waals surface area contributed by atoms with Crippen LogP contribution in [0, 0.1) is 11.0 Å². The summed E-state index contributed by atoms with van der Waals surface area (Å²) in [5.41, 5.74) is 1.34. The lowest BCUT2D eigenvalue weighted by Crippen LogP contribution is -2.55. The van der Waals surface area contributed by atoms with Crippen molar-refractivity contribution in [2.24, 2.45) is 0 Å². The summed E-state index contributed by atoms with van der Waals surface area (Å²) in [6.45, 7) is 1.72. The highest BCUT2D eigenvalue weighted by atomic mass is 16.3. The van der Waals surface area contributed by atoms with Crippen molar-refractivity contribution in [1.82, 2.24) is 0 Å². The van der Waals surface area contributed by atoms with E-state index in [0.29, 0.717) is 5.69 Å². The minimum Gasteiger partial charge on any atom is -0.0361 e. The Kier molecular flexibility index (Phi) is 2.34. The van der Waals surface area contributed by atoms with Gasteiger partial charge in [-0.2, -0.15) is 0 Å². The van der Waals surface area contributed by atoms with Gasteiger partial charge in [0.1, 0.15) is 0 Å². The Morgan fingerprint density at radius 2 is 2.00 bits per heavy atom. The molecule has 1 aromatic rings. The second-order valence-electron chi connectivity index (χ2n) is 1.98.